The first-order valence-electron chi connectivity index (χ1n) is 8.91. The minimum atomic E-state index is 0.671. The second-order valence-electron chi connectivity index (χ2n) is 6.75. The number of nitrogens with zero attached hydrogens (tertiary/aromatic N) is 5. The monoisotopic (exact) mass is 358 g/mol. The van der Waals surface area contributed by atoms with Crippen LogP contribution in [0.25, 0.3) is 16.9 Å². The van der Waals surface area contributed by atoms with Gasteiger partial charge in [-0.15, -0.1) is 0 Å². The molecule has 0 radical (unpaired) electrons. The van der Waals surface area contributed by atoms with Gasteiger partial charge in [0.1, 0.15) is 5.82 Å². The Balaban J connectivity index is 1.77. The Kier molecular flexibility index (Phi) is 4.80. The van der Waals surface area contributed by atoms with E-state index < -0.39 is 0 Å². The predicted octanol–water partition coefficient (Wildman–Crippen LogP) is 3.47. The van der Waals surface area contributed by atoms with Crippen molar-refractivity contribution in [1.82, 2.24) is 24.5 Å². The highest BCUT2D eigenvalue weighted by Crippen LogP contribution is 2.24. The molecule has 4 aromatic rings. The number of hydrogen-bond donors (Lipinski definition) is 1. The van der Waals surface area contributed by atoms with Crippen LogP contribution in [0.5, 0.6) is 0 Å². The summed E-state index contributed by atoms with van der Waals surface area (Å²) in [5.74, 6) is 0.910. The fourth-order valence-electron chi connectivity index (χ4n) is 3.04. The zero-order valence-electron chi connectivity index (χ0n) is 15.5. The molecule has 0 saturated carbocycles. The summed E-state index contributed by atoms with van der Waals surface area (Å²) in [6.45, 7) is 1.46. The Bertz CT molecular complexity index is 1020. The molecule has 4 rings (SSSR count). The average Bonchev–Trinajstić information content (AvgIpc) is 3.10. The molecule has 3 aromatic heterocycles. The molecule has 0 fully saturated rings. The van der Waals surface area contributed by atoms with Crippen LogP contribution in [-0.2, 0) is 13.1 Å². The summed E-state index contributed by atoms with van der Waals surface area (Å²) in [5, 5.41) is 8.06. The van der Waals surface area contributed by atoms with Gasteiger partial charge in [0.15, 0.2) is 5.65 Å². The number of pyridine rings is 1. The van der Waals surface area contributed by atoms with Gasteiger partial charge in [0, 0.05) is 42.7 Å². The van der Waals surface area contributed by atoms with Crippen molar-refractivity contribution < 1.29 is 0 Å². The number of nitrogens with one attached hydrogen (secondary N) is 1. The number of fused-ring (bicyclic) bond motifs is 1. The molecule has 0 saturated heterocycles. The maximum absolute atomic E-state index is 4.90. The van der Waals surface area contributed by atoms with Gasteiger partial charge in [-0.1, -0.05) is 36.4 Å². The molecule has 0 amide bonds. The first kappa shape index (κ1) is 17.2. The number of benzene rings is 1. The van der Waals surface area contributed by atoms with Crippen LogP contribution in [-0.4, -0.2) is 38.6 Å². The van der Waals surface area contributed by atoms with Crippen molar-refractivity contribution in [3.63, 3.8) is 0 Å². The summed E-state index contributed by atoms with van der Waals surface area (Å²) in [5.41, 5.74) is 5.10. The van der Waals surface area contributed by atoms with Gasteiger partial charge in [-0.05, 0) is 25.7 Å². The van der Waals surface area contributed by atoms with E-state index in [1.165, 1.54) is 0 Å². The molecule has 1 N–H and O–H groups in total. The number of anilines is 1. The van der Waals surface area contributed by atoms with Crippen molar-refractivity contribution in [1.29, 1.82) is 0 Å². The first-order chi connectivity index (χ1) is 13.2. The van der Waals surface area contributed by atoms with Crippen molar-refractivity contribution in [2.24, 2.45) is 0 Å². The second-order valence-corrected chi connectivity index (χ2v) is 6.75. The van der Waals surface area contributed by atoms with Crippen molar-refractivity contribution in [3.8, 4) is 11.3 Å². The lowest BCUT2D eigenvalue weighted by Crippen LogP contribution is -2.11. The summed E-state index contributed by atoms with van der Waals surface area (Å²) < 4.78 is 1.88. The molecule has 6 heteroatoms. The topological polar surface area (TPSA) is 58.4 Å². The number of aromatic nitrogens is 4. The van der Waals surface area contributed by atoms with Crippen LogP contribution in [0.3, 0.4) is 0 Å². The molecule has 136 valence electrons. The van der Waals surface area contributed by atoms with E-state index >= 15 is 0 Å². The van der Waals surface area contributed by atoms with E-state index in [1.54, 1.807) is 6.20 Å². The van der Waals surface area contributed by atoms with Gasteiger partial charge in [-0.2, -0.15) is 9.61 Å². The molecule has 0 aliphatic carbocycles. The summed E-state index contributed by atoms with van der Waals surface area (Å²) in [6, 6.07) is 16.3. The normalized spacial score (nSPS) is 11.2. The van der Waals surface area contributed by atoms with Crippen molar-refractivity contribution >= 4 is 11.5 Å². The minimum absolute atomic E-state index is 0.671. The Morgan fingerprint density at radius 1 is 1.04 bits per heavy atom. The summed E-state index contributed by atoms with van der Waals surface area (Å²) in [4.78, 5) is 11.2. The Morgan fingerprint density at radius 2 is 1.89 bits per heavy atom. The SMILES string of the molecule is CN(C)Cc1cnn2c(NCc3cccnc3)cc(-c3ccccc3)nc12. The third kappa shape index (κ3) is 3.80. The van der Waals surface area contributed by atoms with Gasteiger partial charge in [0.25, 0.3) is 0 Å². The Labute approximate surface area is 158 Å². The van der Waals surface area contributed by atoms with Crippen LogP contribution in [0.2, 0.25) is 0 Å². The number of rotatable bonds is 6. The van der Waals surface area contributed by atoms with E-state index in [-0.39, 0.29) is 0 Å². The molecular formula is C21H22N6. The molecule has 6 nitrogen and oxygen atoms in total. The van der Waals surface area contributed by atoms with Crippen LogP contribution in [0.4, 0.5) is 5.82 Å². The zero-order chi connectivity index (χ0) is 18.6. The quantitative estimate of drug-likeness (QED) is 0.572. The van der Waals surface area contributed by atoms with Crippen molar-refractivity contribution in [2.75, 3.05) is 19.4 Å². The molecule has 0 bridgehead atoms. The first-order valence-corrected chi connectivity index (χ1v) is 8.91. The zero-order valence-corrected chi connectivity index (χ0v) is 15.5. The molecule has 0 atom stereocenters. The van der Waals surface area contributed by atoms with Crippen LogP contribution >= 0.6 is 0 Å². The van der Waals surface area contributed by atoms with Crippen molar-refractivity contribution in [2.45, 2.75) is 13.1 Å². The lowest BCUT2D eigenvalue weighted by atomic mass is 10.1. The van der Waals surface area contributed by atoms with E-state index in [9.17, 15) is 0 Å². The van der Waals surface area contributed by atoms with Crippen LogP contribution < -0.4 is 5.32 Å². The third-order valence-corrected chi connectivity index (χ3v) is 4.30. The van der Waals surface area contributed by atoms with Gasteiger partial charge >= 0.3 is 0 Å². The summed E-state index contributed by atoms with van der Waals surface area (Å²) >= 11 is 0. The molecule has 0 aliphatic heterocycles. The minimum Gasteiger partial charge on any atom is -0.366 e. The second kappa shape index (κ2) is 7.55. The number of hydrogen-bond acceptors (Lipinski definition) is 5. The van der Waals surface area contributed by atoms with Crippen LogP contribution in [0.15, 0.2) is 67.1 Å². The standard InChI is InChI=1S/C21H22N6/c1-26(2)15-18-14-24-27-20(23-13-16-7-6-10-22-12-16)11-19(25-21(18)27)17-8-4-3-5-9-17/h3-12,14,23H,13,15H2,1-2H3. The largest absolute Gasteiger partial charge is 0.366 e. The molecule has 3 heterocycles. The summed E-state index contributed by atoms with van der Waals surface area (Å²) in [7, 11) is 4.10. The maximum Gasteiger partial charge on any atom is 0.162 e. The fourth-order valence-corrected chi connectivity index (χ4v) is 3.04. The van der Waals surface area contributed by atoms with Gasteiger partial charge in [0.2, 0.25) is 0 Å². The highest BCUT2D eigenvalue weighted by atomic mass is 15.3. The smallest absolute Gasteiger partial charge is 0.162 e. The Hall–Kier alpha value is -3.25. The predicted molar refractivity (Wildman–Crippen MR) is 107 cm³/mol. The van der Waals surface area contributed by atoms with E-state index in [4.69, 9.17) is 4.98 Å². The van der Waals surface area contributed by atoms with Crippen LogP contribution in [0.1, 0.15) is 11.1 Å². The van der Waals surface area contributed by atoms with E-state index in [0.29, 0.717) is 6.54 Å². The van der Waals surface area contributed by atoms with Gasteiger partial charge in [0.05, 0.1) is 11.9 Å². The fraction of sp³-hybridized carbons (Fsp3) is 0.190. The Morgan fingerprint density at radius 3 is 2.63 bits per heavy atom. The molecular weight excluding hydrogens is 336 g/mol. The van der Waals surface area contributed by atoms with Gasteiger partial charge < -0.3 is 10.2 Å². The van der Waals surface area contributed by atoms with E-state index in [2.05, 4.69) is 38.5 Å². The van der Waals surface area contributed by atoms with Crippen molar-refractivity contribution in [3.05, 3.63) is 78.2 Å². The highest BCUT2D eigenvalue weighted by Gasteiger charge is 2.13. The van der Waals surface area contributed by atoms with Gasteiger partial charge in [-0.25, -0.2) is 4.98 Å². The average molecular weight is 358 g/mol. The molecule has 1 aromatic carbocycles. The highest BCUT2D eigenvalue weighted by molar-refractivity contribution is 5.67. The summed E-state index contributed by atoms with van der Waals surface area (Å²) in [6.07, 6.45) is 5.54. The van der Waals surface area contributed by atoms with E-state index in [1.807, 2.05) is 61.3 Å². The lowest BCUT2D eigenvalue weighted by molar-refractivity contribution is 0.404. The molecule has 0 aliphatic rings. The molecule has 0 spiro atoms. The maximum atomic E-state index is 4.90. The van der Waals surface area contributed by atoms with E-state index in [0.717, 1.165) is 40.4 Å². The lowest BCUT2D eigenvalue weighted by Gasteiger charge is -2.12. The molecule has 0 unspecified atom stereocenters. The third-order valence-electron chi connectivity index (χ3n) is 4.30. The molecule has 27 heavy (non-hydrogen) atoms. The van der Waals surface area contributed by atoms with Crippen LogP contribution in [0, 0.1) is 0 Å². The van der Waals surface area contributed by atoms with Gasteiger partial charge in [-0.3, -0.25) is 4.98 Å².